The van der Waals surface area contributed by atoms with E-state index in [2.05, 4.69) is 33.9 Å². The Kier molecular flexibility index (Phi) is 6.45. The number of anilines is 1. The third-order valence-corrected chi connectivity index (χ3v) is 5.51. The number of ether oxygens (including phenoxy) is 2. The SMILES string of the molecule is CC[C@@](C)(CNC(=O)c1cccnc1N1CCOCC1)N1CCOCC1. The van der Waals surface area contributed by atoms with Crippen LogP contribution in [0.2, 0.25) is 0 Å². The van der Waals surface area contributed by atoms with E-state index >= 15 is 0 Å². The minimum atomic E-state index is -0.0687. The molecule has 3 rings (SSSR count). The highest BCUT2D eigenvalue weighted by molar-refractivity contribution is 5.98. The van der Waals surface area contributed by atoms with Crippen LogP contribution in [-0.4, -0.2) is 80.5 Å². The van der Waals surface area contributed by atoms with Gasteiger partial charge in [0.05, 0.1) is 32.0 Å². The molecule has 7 nitrogen and oxygen atoms in total. The lowest BCUT2D eigenvalue weighted by Gasteiger charge is -2.43. The molecule has 1 aromatic rings. The molecule has 2 aliphatic heterocycles. The average Bonchev–Trinajstić information content (AvgIpc) is 2.73. The maximum absolute atomic E-state index is 12.9. The predicted molar refractivity (Wildman–Crippen MR) is 101 cm³/mol. The number of nitrogens with one attached hydrogen (secondary N) is 1. The molecule has 0 unspecified atom stereocenters. The zero-order chi connectivity index (χ0) is 18.4. The molecule has 0 aromatic carbocycles. The van der Waals surface area contributed by atoms with Crippen molar-refractivity contribution in [2.45, 2.75) is 25.8 Å². The maximum atomic E-state index is 12.9. The van der Waals surface area contributed by atoms with E-state index in [0.29, 0.717) is 25.3 Å². The Labute approximate surface area is 155 Å². The van der Waals surface area contributed by atoms with E-state index in [9.17, 15) is 4.79 Å². The second-order valence-electron chi connectivity index (χ2n) is 7.11. The molecule has 7 heteroatoms. The number of carbonyl (C=O) groups excluding carboxylic acids is 1. The first-order valence-corrected chi connectivity index (χ1v) is 9.53. The summed E-state index contributed by atoms with van der Waals surface area (Å²) in [6.07, 6.45) is 2.71. The Bertz CT molecular complexity index is 600. The van der Waals surface area contributed by atoms with Crippen molar-refractivity contribution >= 4 is 11.7 Å². The van der Waals surface area contributed by atoms with Crippen molar-refractivity contribution in [2.75, 3.05) is 64.1 Å². The van der Waals surface area contributed by atoms with Gasteiger partial charge in [0.15, 0.2) is 0 Å². The molecule has 1 N–H and O–H groups in total. The molecule has 0 bridgehead atoms. The number of hydrogen-bond donors (Lipinski definition) is 1. The summed E-state index contributed by atoms with van der Waals surface area (Å²) in [6.45, 7) is 11.2. The standard InChI is InChI=1S/C19H30N4O3/c1-3-19(2,23-9-13-26-14-10-23)15-21-18(24)16-5-4-6-20-17(16)22-7-11-25-12-8-22/h4-6H,3,7-15H2,1-2H3,(H,21,24)/t19-/m0/s1. The van der Waals surface area contributed by atoms with Gasteiger partial charge in [0, 0.05) is 44.5 Å². The van der Waals surface area contributed by atoms with Crippen LogP contribution < -0.4 is 10.2 Å². The minimum Gasteiger partial charge on any atom is -0.379 e. The molecule has 0 saturated carbocycles. The second kappa shape index (κ2) is 8.79. The minimum absolute atomic E-state index is 0.0625. The number of hydrogen-bond acceptors (Lipinski definition) is 6. The van der Waals surface area contributed by atoms with Crippen LogP contribution in [0.3, 0.4) is 0 Å². The molecule has 0 aliphatic carbocycles. The van der Waals surface area contributed by atoms with Gasteiger partial charge in [-0.05, 0) is 25.5 Å². The largest absolute Gasteiger partial charge is 0.379 e. The van der Waals surface area contributed by atoms with Crippen molar-refractivity contribution in [1.82, 2.24) is 15.2 Å². The monoisotopic (exact) mass is 362 g/mol. The van der Waals surface area contributed by atoms with E-state index in [0.717, 1.165) is 51.6 Å². The first-order valence-electron chi connectivity index (χ1n) is 9.53. The first kappa shape index (κ1) is 19.1. The van der Waals surface area contributed by atoms with E-state index in [-0.39, 0.29) is 11.4 Å². The molecular formula is C19H30N4O3. The number of morpholine rings is 2. The Morgan fingerprint density at radius 2 is 1.85 bits per heavy atom. The maximum Gasteiger partial charge on any atom is 0.255 e. The van der Waals surface area contributed by atoms with E-state index in [1.165, 1.54) is 0 Å². The van der Waals surface area contributed by atoms with Gasteiger partial charge in [-0.1, -0.05) is 6.92 Å². The van der Waals surface area contributed by atoms with Gasteiger partial charge in [-0.3, -0.25) is 9.69 Å². The highest BCUT2D eigenvalue weighted by Crippen LogP contribution is 2.22. The fourth-order valence-electron chi connectivity index (χ4n) is 3.53. The molecule has 144 valence electrons. The molecule has 2 aliphatic rings. The summed E-state index contributed by atoms with van der Waals surface area (Å²) in [4.78, 5) is 21.9. The van der Waals surface area contributed by atoms with Crippen LogP contribution in [0.4, 0.5) is 5.82 Å². The summed E-state index contributed by atoms with van der Waals surface area (Å²) < 4.78 is 10.9. The Hall–Kier alpha value is -1.70. The van der Waals surface area contributed by atoms with E-state index in [4.69, 9.17) is 9.47 Å². The summed E-state index contributed by atoms with van der Waals surface area (Å²) in [7, 11) is 0. The molecule has 2 saturated heterocycles. The summed E-state index contributed by atoms with van der Waals surface area (Å²) in [5, 5.41) is 3.15. The van der Waals surface area contributed by atoms with Crippen LogP contribution in [0.15, 0.2) is 18.3 Å². The highest BCUT2D eigenvalue weighted by atomic mass is 16.5. The van der Waals surface area contributed by atoms with Crippen LogP contribution in [0.1, 0.15) is 30.6 Å². The highest BCUT2D eigenvalue weighted by Gasteiger charge is 2.32. The van der Waals surface area contributed by atoms with Crippen LogP contribution in [0, 0.1) is 0 Å². The number of nitrogens with zero attached hydrogens (tertiary/aromatic N) is 3. The van der Waals surface area contributed by atoms with E-state index in [1.807, 2.05) is 12.1 Å². The predicted octanol–water partition coefficient (Wildman–Crippen LogP) is 1.15. The van der Waals surface area contributed by atoms with Crippen LogP contribution >= 0.6 is 0 Å². The van der Waals surface area contributed by atoms with Crippen molar-refractivity contribution in [1.29, 1.82) is 0 Å². The smallest absolute Gasteiger partial charge is 0.255 e. The average molecular weight is 362 g/mol. The lowest BCUT2D eigenvalue weighted by Crippen LogP contribution is -2.56. The summed E-state index contributed by atoms with van der Waals surface area (Å²) in [6, 6.07) is 3.67. The third kappa shape index (κ3) is 4.34. The van der Waals surface area contributed by atoms with Gasteiger partial charge in [-0.15, -0.1) is 0 Å². The van der Waals surface area contributed by atoms with Gasteiger partial charge >= 0.3 is 0 Å². The van der Waals surface area contributed by atoms with Crippen LogP contribution in [-0.2, 0) is 9.47 Å². The van der Waals surface area contributed by atoms with Gasteiger partial charge in [0.2, 0.25) is 0 Å². The van der Waals surface area contributed by atoms with Gasteiger partial charge < -0.3 is 19.7 Å². The molecule has 1 aromatic heterocycles. The number of aromatic nitrogens is 1. The number of rotatable bonds is 6. The number of pyridine rings is 1. The van der Waals surface area contributed by atoms with Crippen LogP contribution in [0.25, 0.3) is 0 Å². The first-order chi connectivity index (χ1) is 12.6. The fourth-order valence-corrected chi connectivity index (χ4v) is 3.53. The second-order valence-corrected chi connectivity index (χ2v) is 7.11. The van der Waals surface area contributed by atoms with Gasteiger partial charge in [0.25, 0.3) is 5.91 Å². The molecule has 26 heavy (non-hydrogen) atoms. The van der Waals surface area contributed by atoms with Gasteiger partial charge in [-0.25, -0.2) is 4.98 Å². The third-order valence-electron chi connectivity index (χ3n) is 5.51. The molecule has 1 amide bonds. The summed E-state index contributed by atoms with van der Waals surface area (Å²) in [5.41, 5.74) is 0.565. The van der Waals surface area contributed by atoms with Gasteiger partial charge in [0.1, 0.15) is 5.82 Å². The zero-order valence-corrected chi connectivity index (χ0v) is 15.9. The zero-order valence-electron chi connectivity index (χ0n) is 15.9. The van der Waals surface area contributed by atoms with Gasteiger partial charge in [-0.2, -0.15) is 0 Å². The Morgan fingerprint density at radius 1 is 1.19 bits per heavy atom. The van der Waals surface area contributed by atoms with E-state index < -0.39 is 0 Å². The van der Waals surface area contributed by atoms with Crippen molar-refractivity contribution < 1.29 is 14.3 Å². The lowest BCUT2D eigenvalue weighted by atomic mass is 9.95. The molecule has 0 radical (unpaired) electrons. The topological polar surface area (TPSA) is 66.9 Å². The van der Waals surface area contributed by atoms with E-state index in [1.54, 1.807) is 6.20 Å². The number of carbonyl (C=O) groups is 1. The normalized spacial score (nSPS) is 21.2. The Balaban J connectivity index is 1.67. The molecule has 2 fully saturated rings. The van der Waals surface area contributed by atoms with Crippen LogP contribution in [0.5, 0.6) is 0 Å². The summed E-state index contributed by atoms with van der Waals surface area (Å²) in [5.74, 6) is 0.686. The lowest BCUT2D eigenvalue weighted by molar-refractivity contribution is -0.0169. The molecular weight excluding hydrogens is 332 g/mol. The fraction of sp³-hybridized carbons (Fsp3) is 0.684. The van der Waals surface area contributed by atoms with Crippen molar-refractivity contribution in [2.24, 2.45) is 0 Å². The molecule has 1 atom stereocenters. The molecule has 3 heterocycles. The van der Waals surface area contributed by atoms with Crippen molar-refractivity contribution in [3.63, 3.8) is 0 Å². The number of amides is 1. The Morgan fingerprint density at radius 3 is 2.50 bits per heavy atom. The summed E-state index contributed by atoms with van der Waals surface area (Å²) >= 11 is 0. The molecule has 0 spiro atoms. The van der Waals surface area contributed by atoms with Crippen molar-refractivity contribution in [3.05, 3.63) is 23.9 Å². The quantitative estimate of drug-likeness (QED) is 0.819. The van der Waals surface area contributed by atoms with Crippen molar-refractivity contribution in [3.8, 4) is 0 Å².